The van der Waals surface area contributed by atoms with Gasteiger partial charge in [0.05, 0.1) is 12.5 Å². The number of hydrogen-bond acceptors (Lipinski definition) is 6. The minimum absolute atomic E-state index is 0.0218. The molecule has 0 bridgehead atoms. The summed E-state index contributed by atoms with van der Waals surface area (Å²) in [6, 6.07) is 12.4. The summed E-state index contributed by atoms with van der Waals surface area (Å²) in [5.41, 5.74) is 14.6. The second-order valence-corrected chi connectivity index (χ2v) is 9.49. The lowest BCUT2D eigenvalue weighted by molar-refractivity contribution is -0.140. The van der Waals surface area contributed by atoms with Crippen LogP contribution in [0, 0.1) is 11.8 Å². The van der Waals surface area contributed by atoms with E-state index in [4.69, 9.17) is 20.9 Å². The highest BCUT2D eigenvalue weighted by atomic mass is 16.5. The van der Waals surface area contributed by atoms with Crippen molar-refractivity contribution < 1.29 is 19.1 Å². The van der Waals surface area contributed by atoms with Gasteiger partial charge in [0.15, 0.2) is 0 Å². The van der Waals surface area contributed by atoms with Crippen LogP contribution in [0.25, 0.3) is 6.08 Å². The van der Waals surface area contributed by atoms with Crippen LogP contribution in [0.3, 0.4) is 0 Å². The number of unbranched alkanes of at least 4 members (excludes halogenated alkanes) is 2. The Morgan fingerprint density at radius 3 is 2.47 bits per heavy atom. The Balaban J connectivity index is 1.37. The highest BCUT2D eigenvalue weighted by Crippen LogP contribution is 2.33. The van der Waals surface area contributed by atoms with Gasteiger partial charge in [-0.2, -0.15) is 0 Å². The van der Waals surface area contributed by atoms with Gasteiger partial charge in [0.1, 0.15) is 5.75 Å². The van der Waals surface area contributed by atoms with Crippen LogP contribution in [0.15, 0.2) is 61.2 Å². The van der Waals surface area contributed by atoms with E-state index in [0.717, 1.165) is 49.1 Å². The molecule has 0 unspecified atom stereocenters. The number of carbonyl (C=O) groups excluding carboxylic acids is 2. The van der Waals surface area contributed by atoms with Crippen molar-refractivity contribution in [1.29, 1.82) is 0 Å². The third kappa shape index (κ3) is 8.91. The summed E-state index contributed by atoms with van der Waals surface area (Å²) in [4.78, 5) is 24.6. The van der Waals surface area contributed by atoms with Crippen LogP contribution in [-0.2, 0) is 20.7 Å². The van der Waals surface area contributed by atoms with E-state index >= 15 is 0 Å². The highest BCUT2D eigenvalue weighted by Gasteiger charge is 2.27. The number of nitrogen functional groups attached to an aromatic ring is 2. The summed E-state index contributed by atoms with van der Waals surface area (Å²) in [6.45, 7) is 3.98. The largest absolute Gasteiger partial charge is 0.462 e. The van der Waals surface area contributed by atoms with E-state index in [0.29, 0.717) is 23.5 Å². The number of carbonyl (C=O) groups is 2. The number of hydrogen-bond donors (Lipinski definition) is 2. The second-order valence-electron chi connectivity index (χ2n) is 9.49. The highest BCUT2D eigenvalue weighted by molar-refractivity contribution is 5.87. The zero-order valence-electron chi connectivity index (χ0n) is 21.0. The van der Waals surface area contributed by atoms with Gasteiger partial charge in [0.25, 0.3) is 0 Å². The van der Waals surface area contributed by atoms with Crippen LogP contribution in [0.2, 0.25) is 0 Å². The first-order chi connectivity index (χ1) is 17.4. The van der Waals surface area contributed by atoms with Crippen LogP contribution in [-0.4, -0.2) is 18.5 Å². The summed E-state index contributed by atoms with van der Waals surface area (Å²) in [7, 11) is 0. The van der Waals surface area contributed by atoms with Gasteiger partial charge in [-0.05, 0) is 92.0 Å². The van der Waals surface area contributed by atoms with Gasteiger partial charge in [-0.3, -0.25) is 4.79 Å². The molecule has 1 saturated carbocycles. The lowest BCUT2D eigenvalue weighted by Gasteiger charge is -2.27. The normalized spacial score (nSPS) is 17.6. The van der Waals surface area contributed by atoms with E-state index in [2.05, 4.69) is 6.58 Å². The molecule has 0 amide bonds. The summed E-state index contributed by atoms with van der Waals surface area (Å²) in [5.74, 6) is 0.640. The van der Waals surface area contributed by atoms with Gasteiger partial charge >= 0.3 is 11.9 Å². The number of nitrogens with two attached hydrogens (primary N) is 2. The monoisotopic (exact) mass is 490 g/mol. The van der Waals surface area contributed by atoms with E-state index in [9.17, 15) is 9.59 Å². The molecule has 1 fully saturated rings. The minimum atomic E-state index is -0.440. The van der Waals surface area contributed by atoms with Crippen molar-refractivity contribution in [3.63, 3.8) is 0 Å². The molecule has 1 aliphatic carbocycles. The Labute approximate surface area is 214 Å². The second kappa shape index (κ2) is 14.1. The number of ether oxygens (including phenoxy) is 2. The van der Waals surface area contributed by atoms with Gasteiger partial charge in [0, 0.05) is 23.9 Å². The predicted octanol–water partition coefficient (Wildman–Crippen LogP) is 6.11. The summed E-state index contributed by atoms with van der Waals surface area (Å²) >= 11 is 0. The Morgan fingerprint density at radius 2 is 1.75 bits per heavy atom. The molecule has 4 N–H and O–H groups in total. The maximum Gasteiger partial charge on any atom is 0.330 e. The Morgan fingerprint density at radius 1 is 1.00 bits per heavy atom. The van der Waals surface area contributed by atoms with E-state index in [1.807, 2.05) is 6.08 Å². The zero-order chi connectivity index (χ0) is 25.8. The first kappa shape index (κ1) is 27.1. The Kier molecular flexibility index (Phi) is 10.6. The molecule has 0 aromatic heterocycles. The van der Waals surface area contributed by atoms with Crippen LogP contribution in [0.4, 0.5) is 11.4 Å². The molecule has 0 heterocycles. The standard InChI is InChI=1S/C30H38N2O4/c1-2-3-4-5-6-22-7-12-24(13-8-22)30(34)36-27-15-9-23(10-16-27)11-18-29(33)35-20-19-25-21-26(31)14-17-28(25)32/h2,9-11,14-18,21-22,24H,1,3-8,12-13,19-20,31-32H2/b18-11+. The van der Waals surface area contributed by atoms with E-state index in [1.165, 1.54) is 25.3 Å². The number of allylic oxidation sites excluding steroid dienone is 1. The molecular weight excluding hydrogens is 452 g/mol. The van der Waals surface area contributed by atoms with Crippen LogP contribution >= 0.6 is 0 Å². The van der Waals surface area contributed by atoms with Crippen molar-refractivity contribution in [2.24, 2.45) is 11.8 Å². The third-order valence-corrected chi connectivity index (χ3v) is 6.74. The van der Waals surface area contributed by atoms with Crippen molar-refractivity contribution in [2.45, 2.75) is 57.8 Å². The van der Waals surface area contributed by atoms with Gasteiger partial charge in [0.2, 0.25) is 0 Å². The van der Waals surface area contributed by atoms with Gasteiger partial charge in [-0.25, -0.2) is 4.79 Å². The Hall–Kier alpha value is -3.54. The van der Waals surface area contributed by atoms with Crippen LogP contribution in [0.5, 0.6) is 5.75 Å². The van der Waals surface area contributed by atoms with Crippen molar-refractivity contribution in [1.82, 2.24) is 0 Å². The van der Waals surface area contributed by atoms with Crippen molar-refractivity contribution in [3.05, 3.63) is 72.3 Å². The van der Waals surface area contributed by atoms with Crippen molar-refractivity contribution in [3.8, 4) is 5.75 Å². The number of anilines is 2. The molecule has 0 radical (unpaired) electrons. The molecule has 3 rings (SSSR count). The molecular formula is C30H38N2O4. The van der Waals surface area contributed by atoms with Gasteiger partial charge < -0.3 is 20.9 Å². The average Bonchev–Trinajstić information content (AvgIpc) is 2.88. The lowest BCUT2D eigenvalue weighted by Crippen LogP contribution is -2.25. The quantitative estimate of drug-likeness (QED) is 0.0929. The molecule has 1 aliphatic rings. The molecule has 2 aromatic rings. The fourth-order valence-corrected chi connectivity index (χ4v) is 4.57. The predicted molar refractivity (Wildman–Crippen MR) is 145 cm³/mol. The number of rotatable bonds is 12. The summed E-state index contributed by atoms with van der Waals surface area (Å²) in [5, 5.41) is 0. The topological polar surface area (TPSA) is 105 Å². The molecule has 0 atom stereocenters. The molecule has 192 valence electrons. The van der Waals surface area contributed by atoms with Crippen molar-refractivity contribution in [2.75, 3.05) is 18.1 Å². The summed E-state index contributed by atoms with van der Waals surface area (Å²) < 4.78 is 10.9. The fraction of sp³-hybridized carbons (Fsp3) is 0.400. The molecule has 6 nitrogen and oxygen atoms in total. The maximum absolute atomic E-state index is 12.6. The molecule has 6 heteroatoms. The number of benzene rings is 2. The first-order valence-electron chi connectivity index (χ1n) is 12.9. The Bertz CT molecular complexity index is 1040. The van der Waals surface area contributed by atoms with Crippen molar-refractivity contribution >= 4 is 29.4 Å². The fourth-order valence-electron chi connectivity index (χ4n) is 4.57. The molecule has 2 aromatic carbocycles. The average molecular weight is 491 g/mol. The summed E-state index contributed by atoms with van der Waals surface area (Å²) in [6.07, 6.45) is 14.3. The third-order valence-electron chi connectivity index (χ3n) is 6.74. The van der Waals surface area contributed by atoms with Gasteiger partial charge in [-0.1, -0.05) is 31.1 Å². The smallest absolute Gasteiger partial charge is 0.330 e. The minimum Gasteiger partial charge on any atom is -0.462 e. The lowest BCUT2D eigenvalue weighted by atomic mass is 9.80. The number of esters is 2. The zero-order valence-corrected chi connectivity index (χ0v) is 21.0. The van der Waals surface area contributed by atoms with E-state index in [-0.39, 0.29) is 18.5 Å². The molecule has 0 spiro atoms. The van der Waals surface area contributed by atoms with E-state index < -0.39 is 5.97 Å². The van der Waals surface area contributed by atoms with Crippen LogP contribution in [0.1, 0.15) is 62.5 Å². The molecule has 36 heavy (non-hydrogen) atoms. The SMILES string of the molecule is C=CCCCCC1CCC(C(=O)Oc2ccc(/C=C/C(=O)OCCc3cc(N)ccc3N)cc2)CC1. The van der Waals surface area contributed by atoms with E-state index in [1.54, 1.807) is 48.5 Å². The van der Waals surface area contributed by atoms with Gasteiger partial charge in [-0.15, -0.1) is 6.58 Å². The molecule has 0 aliphatic heterocycles. The maximum atomic E-state index is 12.6. The van der Waals surface area contributed by atoms with Crippen LogP contribution < -0.4 is 16.2 Å². The first-order valence-corrected chi connectivity index (χ1v) is 12.9. The molecule has 0 saturated heterocycles.